The fourth-order valence-electron chi connectivity index (χ4n) is 5.00. The van der Waals surface area contributed by atoms with Crippen LogP contribution in [0.2, 0.25) is 5.02 Å². The lowest BCUT2D eigenvalue weighted by Crippen LogP contribution is -2.74. The van der Waals surface area contributed by atoms with E-state index in [9.17, 15) is 9.59 Å². The second-order valence-electron chi connectivity index (χ2n) is 8.45. The largest absolute Gasteiger partial charge is 0.496 e. The number of amides is 2. The predicted molar refractivity (Wildman–Crippen MR) is 136 cm³/mol. The minimum absolute atomic E-state index is 0.0545. The lowest BCUT2D eigenvalue weighted by molar-refractivity contribution is -0.177. The summed E-state index contributed by atoms with van der Waals surface area (Å²) >= 11 is 6.48. The standard InChI is InChI=1S/C28H23ClN2O5/c1-4-12-30-24-11-10-19(29)13-23(24)28(18-8-6-5-7-9-18)26(27(33)31(28)17-25(30)32)36-22-15-20(34-2)14-21(16-22)35-3/h1,5-11,13-16,26H,12,17H2,2-3H3/t26-,28-/m1/s1. The van der Waals surface area contributed by atoms with Crippen LogP contribution in [0.4, 0.5) is 5.69 Å². The molecule has 3 aromatic carbocycles. The number of halogens is 1. The quantitative estimate of drug-likeness (QED) is 0.378. The monoisotopic (exact) mass is 502 g/mol. The summed E-state index contributed by atoms with van der Waals surface area (Å²) in [5.74, 6) is 3.35. The van der Waals surface area contributed by atoms with E-state index in [1.807, 2.05) is 30.3 Å². The Labute approximate surface area is 214 Å². The number of ether oxygens (including phenoxy) is 3. The average Bonchev–Trinajstić information content (AvgIpc) is 2.99. The predicted octanol–water partition coefficient (Wildman–Crippen LogP) is 3.87. The zero-order chi connectivity index (χ0) is 25.4. The molecule has 0 bridgehead atoms. The molecule has 7 nitrogen and oxygen atoms in total. The molecule has 0 aliphatic carbocycles. The first-order chi connectivity index (χ1) is 17.4. The Balaban J connectivity index is 1.74. The number of anilines is 1. The second-order valence-corrected chi connectivity index (χ2v) is 8.88. The molecule has 2 aliphatic rings. The number of β-lactam (4-membered cyclic amide) rings is 1. The van der Waals surface area contributed by atoms with Gasteiger partial charge >= 0.3 is 0 Å². The number of terminal acetylenes is 1. The minimum Gasteiger partial charge on any atom is -0.496 e. The summed E-state index contributed by atoms with van der Waals surface area (Å²) in [5.41, 5.74) is 0.886. The molecule has 3 aromatic rings. The number of benzene rings is 3. The molecule has 0 saturated carbocycles. The maximum atomic E-state index is 13.6. The highest BCUT2D eigenvalue weighted by molar-refractivity contribution is 6.30. The molecule has 2 aliphatic heterocycles. The van der Waals surface area contributed by atoms with Gasteiger partial charge in [0.25, 0.3) is 5.91 Å². The molecule has 0 N–H and O–H groups in total. The Hall–Kier alpha value is -4.15. The summed E-state index contributed by atoms with van der Waals surface area (Å²) < 4.78 is 17.1. The molecule has 2 amide bonds. The van der Waals surface area contributed by atoms with E-state index in [1.54, 1.807) is 41.3 Å². The topological polar surface area (TPSA) is 68.3 Å². The number of rotatable bonds is 6. The van der Waals surface area contributed by atoms with Gasteiger partial charge in [0.1, 0.15) is 29.3 Å². The summed E-state index contributed by atoms with van der Waals surface area (Å²) in [7, 11) is 3.07. The van der Waals surface area contributed by atoms with Crippen molar-refractivity contribution < 1.29 is 23.8 Å². The van der Waals surface area contributed by atoms with Crippen molar-refractivity contribution in [3.63, 3.8) is 0 Å². The Kier molecular flexibility index (Phi) is 5.99. The third kappa shape index (κ3) is 3.53. The van der Waals surface area contributed by atoms with Crippen LogP contribution in [0.15, 0.2) is 66.7 Å². The zero-order valence-electron chi connectivity index (χ0n) is 19.7. The van der Waals surface area contributed by atoms with Gasteiger partial charge < -0.3 is 19.1 Å². The maximum Gasteiger partial charge on any atom is 0.268 e. The number of fused-ring (bicyclic) bond motifs is 3. The number of nitrogens with zero attached hydrogens (tertiary/aromatic N) is 2. The van der Waals surface area contributed by atoms with E-state index < -0.39 is 11.6 Å². The maximum absolute atomic E-state index is 13.6. The molecule has 1 fully saturated rings. The highest BCUT2D eigenvalue weighted by atomic mass is 35.5. The first kappa shape index (κ1) is 23.6. The van der Waals surface area contributed by atoms with E-state index in [4.69, 9.17) is 32.2 Å². The minimum atomic E-state index is -1.13. The van der Waals surface area contributed by atoms with Crippen molar-refractivity contribution >= 4 is 29.1 Å². The van der Waals surface area contributed by atoms with Gasteiger partial charge in [-0.25, -0.2) is 0 Å². The molecule has 2 heterocycles. The van der Waals surface area contributed by atoms with Crippen molar-refractivity contribution in [3.05, 3.63) is 82.9 Å². The smallest absolute Gasteiger partial charge is 0.268 e. The molecular weight excluding hydrogens is 480 g/mol. The van der Waals surface area contributed by atoms with Gasteiger partial charge in [0.2, 0.25) is 12.0 Å². The van der Waals surface area contributed by atoms with Crippen molar-refractivity contribution in [1.82, 2.24) is 4.90 Å². The van der Waals surface area contributed by atoms with Crippen molar-refractivity contribution in [2.24, 2.45) is 0 Å². The van der Waals surface area contributed by atoms with Crippen LogP contribution in [-0.4, -0.2) is 50.1 Å². The van der Waals surface area contributed by atoms with Crippen molar-refractivity contribution in [2.75, 3.05) is 32.2 Å². The molecule has 0 spiro atoms. The molecule has 36 heavy (non-hydrogen) atoms. The van der Waals surface area contributed by atoms with Gasteiger partial charge in [0.05, 0.1) is 26.5 Å². The molecular formula is C28H23ClN2O5. The third-order valence-electron chi connectivity index (χ3n) is 6.59. The van der Waals surface area contributed by atoms with Gasteiger partial charge in [0, 0.05) is 28.8 Å². The highest BCUT2D eigenvalue weighted by Gasteiger charge is 2.66. The Morgan fingerprint density at radius 2 is 1.67 bits per heavy atom. The third-order valence-corrected chi connectivity index (χ3v) is 6.83. The molecule has 1 saturated heterocycles. The zero-order valence-corrected chi connectivity index (χ0v) is 20.5. The van der Waals surface area contributed by atoms with Crippen LogP contribution in [0.3, 0.4) is 0 Å². The first-order valence-electron chi connectivity index (χ1n) is 11.2. The summed E-state index contributed by atoms with van der Waals surface area (Å²) in [5, 5.41) is 0.458. The fraction of sp³-hybridized carbons (Fsp3) is 0.214. The molecule has 8 heteroatoms. The van der Waals surface area contributed by atoms with Gasteiger partial charge in [-0.3, -0.25) is 14.5 Å². The summed E-state index contributed by atoms with van der Waals surface area (Å²) in [6.45, 7) is -0.109. The molecule has 182 valence electrons. The van der Waals surface area contributed by atoms with Gasteiger partial charge in [-0.05, 0) is 23.8 Å². The fourth-order valence-corrected chi connectivity index (χ4v) is 5.18. The Morgan fingerprint density at radius 1 is 1.00 bits per heavy atom. The molecule has 5 rings (SSSR count). The SMILES string of the molecule is C#CCN1C(=O)CN2C(=O)[C@@H](Oc3cc(OC)cc(OC)c3)[C@@]2(c2ccccc2)c2cc(Cl)ccc21. The van der Waals surface area contributed by atoms with E-state index in [0.29, 0.717) is 33.5 Å². The van der Waals surface area contributed by atoms with E-state index >= 15 is 0 Å². The van der Waals surface area contributed by atoms with Crippen LogP contribution in [0.25, 0.3) is 0 Å². The number of carbonyl (C=O) groups excluding carboxylic acids is 2. The second kappa shape index (κ2) is 9.14. The van der Waals surface area contributed by atoms with Crippen LogP contribution in [0.5, 0.6) is 17.2 Å². The number of hydrogen-bond acceptors (Lipinski definition) is 5. The first-order valence-corrected chi connectivity index (χ1v) is 11.6. The van der Waals surface area contributed by atoms with Crippen LogP contribution in [0, 0.1) is 12.3 Å². The van der Waals surface area contributed by atoms with E-state index in [0.717, 1.165) is 5.56 Å². The lowest BCUT2D eigenvalue weighted by atomic mass is 9.69. The van der Waals surface area contributed by atoms with Gasteiger partial charge in [-0.2, -0.15) is 0 Å². The van der Waals surface area contributed by atoms with Gasteiger partial charge in [0.15, 0.2) is 0 Å². The Bertz CT molecular complexity index is 1360. The van der Waals surface area contributed by atoms with E-state index in [1.165, 1.54) is 19.1 Å². The molecule has 0 aromatic heterocycles. The van der Waals surface area contributed by atoms with Crippen LogP contribution >= 0.6 is 11.6 Å². The van der Waals surface area contributed by atoms with Crippen LogP contribution in [-0.2, 0) is 15.1 Å². The Morgan fingerprint density at radius 3 is 2.31 bits per heavy atom. The van der Waals surface area contributed by atoms with Crippen LogP contribution in [0.1, 0.15) is 11.1 Å². The highest BCUT2D eigenvalue weighted by Crippen LogP contribution is 2.53. The van der Waals surface area contributed by atoms with E-state index in [2.05, 4.69) is 5.92 Å². The molecule has 2 atom stereocenters. The van der Waals surface area contributed by atoms with Gasteiger partial charge in [-0.15, -0.1) is 6.42 Å². The van der Waals surface area contributed by atoms with Gasteiger partial charge in [-0.1, -0.05) is 47.9 Å². The summed E-state index contributed by atoms with van der Waals surface area (Å²) in [6, 6.07) is 19.8. The van der Waals surface area contributed by atoms with Crippen molar-refractivity contribution in [3.8, 4) is 29.6 Å². The summed E-state index contributed by atoms with van der Waals surface area (Å²) in [4.78, 5) is 30.0. The molecule has 0 unspecified atom stereocenters. The lowest BCUT2D eigenvalue weighted by Gasteiger charge is -2.56. The van der Waals surface area contributed by atoms with Crippen LogP contribution < -0.4 is 19.1 Å². The average molecular weight is 503 g/mol. The molecule has 0 radical (unpaired) electrons. The normalized spacial score (nSPS) is 20.4. The number of hydrogen-bond donors (Lipinski definition) is 0. The summed E-state index contributed by atoms with van der Waals surface area (Å²) in [6.07, 6.45) is 4.61. The van der Waals surface area contributed by atoms with Crippen molar-refractivity contribution in [1.29, 1.82) is 0 Å². The van der Waals surface area contributed by atoms with Crippen molar-refractivity contribution in [2.45, 2.75) is 11.6 Å². The number of carbonyl (C=O) groups is 2. The van der Waals surface area contributed by atoms with E-state index in [-0.39, 0.29) is 24.9 Å². The number of methoxy groups -OCH3 is 2.